The van der Waals surface area contributed by atoms with Gasteiger partial charge in [0, 0.05) is 12.6 Å². The van der Waals surface area contributed by atoms with Gasteiger partial charge in [-0.2, -0.15) is 0 Å². The third kappa shape index (κ3) is 4.42. The Labute approximate surface area is 134 Å². The van der Waals surface area contributed by atoms with E-state index >= 15 is 0 Å². The zero-order valence-electron chi connectivity index (χ0n) is 12.8. The zero-order chi connectivity index (χ0) is 14.8. The summed E-state index contributed by atoms with van der Waals surface area (Å²) in [5.41, 5.74) is 1.24. The second-order valence-electron chi connectivity index (χ2n) is 6.07. The molecule has 6 heteroatoms. The van der Waals surface area contributed by atoms with Crippen LogP contribution in [0.3, 0.4) is 0 Å². The van der Waals surface area contributed by atoms with Crippen molar-refractivity contribution in [1.29, 1.82) is 0 Å². The molecule has 1 unspecified atom stereocenters. The van der Waals surface area contributed by atoms with E-state index in [-0.39, 0.29) is 23.9 Å². The maximum Gasteiger partial charge on any atom is 0.240 e. The summed E-state index contributed by atoms with van der Waals surface area (Å²) in [6.45, 7) is 8.05. The van der Waals surface area contributed by atoms with E-state index in [1.54, 1.807) is 12.1 Å². The third-order valence-corrected chi connectivity index (χ3v) is 5.75. The summed E-state index contributed by atoms with van der Waals surface area (Å²) >= 11 is 0. The van der Waals surface area contributed by atoms with Crippen molar-refractivity contribution >= 4 is 22.4 Å². The molecular weight excluding hydrogens is 308 g/mol. The molecule has 120 valence electrons. The summed E-state index contributed by atoms with van der Waals surface area (Å²) in [4.78, 5) is 0.347. The monoisotopic (exact) mass is 332 g/mol. The van der Waals surface area contributed by atoms with Crippen LogP contribution in [-0.4, -0.2) is 27.5 Å². The molecule has 0 spiro atoms. The first-order valence-electron chi connectivity index (χ1n) is 7.19. The van der Waals surface area contributed by atoms with Gasteiger partial charge < -0.3 is 5.32 Å². The lowest BCUT2D eigenvalue weighted by atomic mass is 9.82. The average Bonchev–Trinajstić information content (AvgIpc) is 2.91. The fourth-order valence-corrected chi connectivity index (χ4v) is 3.60. The number of benzene rings is 1. The molecule has 0 saturated carbocycles. The second-order valence-corrected chi connectivity index (χ2v) is 7.79. The normalized spacial score (nSPS) is 19.3. The van der Waals surface area contributed by atoms with Gasteiger partial charge in [-0.3, -0.25) is 0 Å². The van der Waals surface area contributed by atoms with Gasteiger partial charge in [-0.25, -0.2) is 13.1 Å². The molecule has 0 amide bonds. The van der Waals surface area contributed by atoms with Crippen molar-refractivity contribution < 1.29 is 8.42 Å². The molecule has 2 N–H and O–H groups in total. The summed E-state index contributed by atoms with van der Waals surface area (Å²) in [5, 5.41) is 3.16. The number of sulfonamides is 1. The minimum absolute atomic E-state index is 0. The van der Waals surface area contributed by atoms with E-state index in [0.717, 1.165) is 19.4 Å². The maximum atomic E-state index is 12.3. The molecule has 1 aromatic rings. The summed E-state index contributed by atoms with van der Waals surface area (Å²) in [7, 11) is -3.40. The fraction of sp³-hybridized carbons (Fsp3) is 0.600. The Hall–Kier alpha value is -0.620. The molecule has 0 bridgehead atoms. The highest BCUT2D eigenvalue weighted by Crippen LogP contribution is 2.27. The van der Waals surface area contributed by atoms with E-state index < -0.39 is 10.0 Å². The molecule has 1 aliphatic rings. The summed E-state index contributed by atoms with van der Waals surface area (Å²) in [5.74, 6) is 0. The van der Waals surface area contributed by atoms with Crippen LogP contribution >= 0.6 is 12.4 Å². The number of hydrogen-bond acceptors (Lipinski definition) is 3. The van der Waals surface area contributed by atoms with Gasteiger partial charge in [-0.05, 0) is 42.5 Å². The van der Waals surface area contributed by atoms with Crippen LogP contribution < -0.4 is 10.0 Å². The van der Waals surface area contributed by atoms with Gasteiger partial charge in [0.15, 0.2) is 0 Å². The van der Waals surface area contributed by atoms with E-state index in [1.165, 1.54) is 5.56 Å². The molecule has 0 radical (unpaired) electrons. The number of halogens is 1. The van der Waals surface area contributed by atoms with Crippen LogP contribution in [0.2, 0.25) is 0 Å². The summed E-state index contributed by atoms with van der Waals surface area (Å²) < 4.78 is 27.3. The van der Waals surface area contributed by atoms with Crippen LogP contribution in [0.1, 0.15) is 39.2 Å². The minimum atomic E-state index is -3.40. The predicted octanol–water partition coefficient (Wildman–Crippen LogP) is 2.44. The van der Waals surface area contributed by atoms with Crippen molar-refractivity contribution in [2.24, 2.45) is 0 Å². The van der Waals surface area contributed by atoms with Gasteiger partial charge in [0.2, 0.25) is 10.0 Å². The molecule has 1 saturated heterocycles. The molecule has 4 nitrogen and oxygen atoms in total. The van der Waals surface area contributed by atoms with Gasteiger partial charge in [-0.15, -0.1) is 12.4 Å². The highest BCUT2D eigenvalue weighted by molar-refractivity contribution is 7.89. The molecule has 1 heterocycles. The lowest BCUT2D eigenvalue weighted by Crippen LogP contribution is -2.36. The van der Waals surface area contributed by atoms with E-state index in [0.29, 0.717) is 11.4 Å². The van der Waals surface area contributed by atoms with Crippen molar-refractivity contribution in [2.45, 2.75) is 50.0 Å². The highest BCUT2D eigenvalue weighted by Gasteiger charge is 2.23. The standard InChI is InChI=1S/C15H24N2O2S.ClH/c1-4-15(2,3)12-5-7-14(8-6-12)20(18,19)17-13-9-10-16-11-13;/h5-8,13,16-17H,4,9-11H2,1-3H3;1H. The first kappa shape index (κ1) is 18.4. The summed E-state index contributed by atoms with van der Waals surface area (Å²) in [6, 6.07) is 7.26. The van der Waals surface area contributed by atoms with Crippen LogP contribution in [-0.2, 0) is 15.4 Å². The minimum Gasteiger partial charge on any atom is -0.315 e. The molecule has 0 aromatic heterocycles. The van der Waals surface area contributed by atoms with Gasteiger partial charge in [0.25, 0.3) is 0 Å². The van der Waals surface area contributed by atoms with Crippen molar-refractivity contribution in [2.75, 3.05) is 13.1 Å². The number of rotatable bonds is 5. The van der Waals surface area contributed by atoms with Crippen molar-refractivity contribution in [1.82, 2.24) is 10.0 Å². The van der Waals surface area contributed by atoms with Gasteiger partial charge in [0.05, 0.1) is 4.90 Å². The first-order chi connectivity index (χ1) is 9.35. The van der Waals surface area contributed by atoms with E-state index in [4.69, 9.17) is 0 Å². The first-order valence-corrected chi connectivity index (χ1v) is 8.67. The van der Waals surface area contributed by atoms with Gasteiger partial charge >= 0.3 is 0 Å². The Balaban J connectivity index is 0.00000220. The average molecular weight is 333 g/mol. The number of nitrogens with one attached hydrogen (secondary N) is 2. The molecule has 1 aromatic carbocycles. The predicted molar refractivity (Wildman–Crippen MR) is 88.6 cm³/mol. The third-order valence-electron chi connectivity index (χ3n) is 4.21. The van der Waals surface area contributed by atoms with Crippen LogP contribution in [0.25, 0.3) is 0 Å². The quantitative estimate of drug-likeness (QED) is 0.870. The summed E-state index contributed by atoms with van der Waals surface area (Å²) in [6.07, 6.45) is 1.87. The molecule has 0 aliphatic carbocycles. The SMILES string of the molecule is CCC(C)(C)c1ccc(S(=O)(=O)NC2CCNC2)cc1.Cl. The molecule has 1 fully saturated rings. The smallest absolute Gasteiger partial charge is 0.240 e. The van der Waals surface area contributed by atoms with E-state index in [2.05, 4.69) is 30.8 Å². The van der Waals surface area contributed by atoms with Gasteiger partial charge in [-0.1, -0.05) is 32.9 Å². The van der Waals surface area contributed by atoms with Crippen LogP contribution in [0, 0.1) is 0 Å². The Bertz CT molecular complexity index is 550. The number of hydrogen-bond donors (Lipinski definition) is 2. The van der Waals surface area contributed by atoms with Crippen LogP contribution in [0.4, 0.5) is 0 Å². The molecule has 1 aliphatic heterocycles. The Morgan fingerprint density at radius 2 is 1.90 bits per heavy atom. The zero-order valence-corrected chi connectivity index (χ0v) is 14.5. The lowest BCUT2D eigenvalue weighted by Gasteiger charge is -2.23. The molecule has 21 heavy (non-hydrogen) atoms. The lowest BCUT2D eigenvalue weighted by molar-refractivity contribution is 0.505. The fourth-order valence-electron chi connectivity index (χ4n) is 2.33. The Morgan fingerprint density at radius 1 is 1.29 bits per heavy atom. The maximum absolute atomic E-state index is 12.3. The second kappa shape index (κ2) is 7.09. The van der Waals surface area contributed by atoms with Crippen molar-refractivity contribution in [3.05, 3.63) is 29.8 Å². The Kier molecular flexibility index (Phi) is 6.23. The van der Waals surface area contributed by atoms with E-state index in [1.807, 2.05) is 12.1 Å². The van der Waals surface area contributed by atoms with Crippen molar-refractivity contribution in [3.63, 3.8) is 0 Å². The molecular formula is C15H25ClN2O2S. The topological polar surface area (TPSA) is 58.2 Å². The van der Waals surface area contributed by atoms with E-state index in [9.17, 15) is 8.42 Å². The van der Waals surface area contributed by atoms with Gasteiger partial charge in [0.1, 0.15) is 0 Å². The van der Waals surface area contributed by atoms with Crippen molar-refractivity contribution in [3.8, 4) is 0 Å². The molecule has 2 rings (SSSR count). The Morgan fingerprint density at radius 3 is 2.38 bits per heavy atom. The van der Waals surface area contributed by atoms with Crippen LogP contribution in [0.15, 0.2) is 29.2 Å². The largest absolute Gasteiger partial charge is 0.315 e. The van der Waals surface area contributed by atoms with Crippen LogP contribution in [0.5, 0.6) is 0 Å². The molecule has 1 atom stereocenters. The highest BCUT2D eigenvalue weighted by atomic mass is 35.5.